The van der Waals surface area contributed by atoms with Gasteiger partial charge in [-0.15, -0.1) is 11.3 Å². The summed E-state index contributed by atoms with van der Waals surface area (Å²) in [6, 6.07) is 14.5. The summed E-state index contributed by atoms with van der Waals surface area (Å²) < 4.78 is 5.22. The minimum atomic E-state index is -1.19. The number of anilines is 1. The number of ether oxygens (including phenoxy) is 1. The highest BCUT2D eigenvalue weighted by atomic mass is 32.1. The van der Waals surface area contributed by atoms with Crippen molar-refractivity contribution in [1.82, 2.24) is 0 Å². The normalized spacial score (nSPS) is 11.2. The highest BCUT2D eigenvalue weighted by Gasteiger charge is 2.23. The Kier molecular flexibility index (Phi) is 6.88. The molecule has 0 saturated heterocycles. The molecule has 0 aliphatic heterocycles. The molecule has 0 aliphatic rings. The summed E-state index contributed by atoms with van der Waals surface area (Å²) in [7, 11) is 0. The Morgan fingerprint density at radius 2 is 1.58 bits per heavy atom. The van der Waals surface area contributed by atoms with Crippen LogP contribution in [0.15, 0.2) is 48.5 Å². The molecule has 7 nitrogen and oxygen atoms in total. The molecule has 1 amide bonds. The van der Waals surface area contributed by atoms with Crippen molar-refractivity contribution in [3.63, 3.8) is 0 Å². The van der Waals surface area contributed by atoms with E-state index < -0.39 is 18.5 Å². The first-order chi connectivity index (χ1) is 15.5. The van der Waals surface area contributed by atoms with Gasteiger partial charge in [0.25, 0.3) is 5.91 Å². The lowest BCUT2D eigenvalue weighted by molar-refractivity contribution is -0.139. The molecular weight excluding hydrogens is 442 g/mol. The van der Waals surface area contributed by atoms with Crippen molar-refractivity contribution in [2.75, 3.05) is 11.9 Å². The van der Waals surface area contributed by atoms with Crippen LogP contribution in [0.3, 0.4) is 0 Å². The number of aliphatic carboxylic acids is 1. The Labute approximate surface area is 195 Å². The first kappa shape index (κ1) is 24.0. The van der Waals surface area contributed by atoms with E-state index in [4.69, 9.17) is 9.84 Å². The molecule has 0 aliphatic carbocycles. The summed E-state index contributed by atoms with van der Waals surface area (Å²) in [5, 5.41) is 21.2. The molecule has 8 heteroatoms. The van der Waals surface area contributed by atoms with Gasteiger partial charge < -0.3 is 20.3 Å². The maximum Gasteiger partial charge on any atom is 0.349 e. The largest absolute Gasteiger partial charge is 0.480 e. The summed E-state index contributed by atoms with van der Waals surface area (Å²) in [5.74, 6) is -2.54. The first-order valence-electron chi connectivity index (χ1n) is 10.2. The van der Waals surface area contributed by atoms with Crippen molar-refractivity contribution in [2.45, 2.75) is 33.1 Å². The van der Waals surface area contributed by atoms with Gasteiger partial charge in [-0.3, -0.25) is 4.79 Å². The number of carboxylic acid groups (broad SMARTS) is 2. The Morgan fingerprint density at radius 3 is 2.09 bits per heavy atom. The van der Waals surface area contributed by atoms with Gasteiger partial charge in [0.05, 0.1) is 0 Å². The molecule has 2 aromatic carbocycles. The number of thiophene rings is 1. The van der Waals surface area contributed by atoms with Crippen LogP contribution in [-0.2, 0) is 10.2 Å². The number of hydrogen-bond acceptors (Lipinski definition) is 5. The van der Waals surface area contributed by atoms with Gasteiger partial charge in [0.1, 0.15) is 5.75 Å². The lowest BCUT2D eigenvalue weighted by Gasteiger charge is -2.19. The lowest BCUT2D eigenvalue weighted by Crippen LogP contribution is -2.14. The SMILES string of the molecule is Cc1c(-c2ccc(NC(=O)c3ccc(C(C)(C)C)cc3)cc2)sc(C(=O)O)c1OCC(=O)O. The quantitative estimate of drug-likeness (QED) is 0.427. The van der Waals surface area contributed by atoms with Crippen LogP contribution in [-0.4, -0.2) is 34.7 Å². The van der Waals surface area contributed by atoms with Gasteiger partial charge in [-0.25, -0.2) is 9.59 Å². The monoisotopic (exact) mass is 467 g/mol. The fraction of sp³-hybridized carbons (Fsp3) is 0.240. The summed E-state index contributed by atoms with van der Waals surface area (Å²) in [6.07, 6.45) is 0. The second-order valence-electron chi connectivity index (χ2n) is 8.56. The second kappa shape index (κ2) is 9.46. The van der Waals surface area contributed by atoms with Gasteiger partial charge in [0.15, 0.2) is 11.5 Å². The van der Waals surface area contributed by atoms with Gasteiger partial charge in [0, 0.05) is 21.7 Å². The van der Waals surface area contributed by atoms with Crippen LogP contribution in [0.25, 0.3) is 10.4 Å². The van der Waals surface area contributed by atoms with Gasteiger partial charge >= 0.3 is 11.9 Å². The van der Waals surface area contributed by atoms with Crippen LogP contribution in [0.2, 0.25) is 0 Å². The smallest absolute Gasteiger partial charge is 0.349 e. The van der Waals surface area contributed by atoms with Crippen LogP contribution in [0.1, 0.15) is 51.9 Å². The predicted octanol–water partition coefficient (Wildman–Crippen LogP) is 5.43. The summed E-state index contributed by atoms with van der Waals surface area (Å²) >= 11 is 1.01. The average molecular weight is 468 g/mol. The molecule has 3 N–H and O–H groups in total. The maximum atomic E-state index is 12.6. The van der Waals surface area contributed by atoms with Crippen LogP contribution < -0.4 is 10.1 Å². The van der Waals surface area contributed by atoms with E-state index in [0.717, 1.165) is 22.5 Å². The third-order valence-corrected chi connectivity index (χ3v) is 6.35. The Balaban J connectivity index is 1.79. The number of nitrogens with one attached hydrogen (secondary N) is 1. The minimum Gasteiger partial charge on any atom is -0.480 e. The number of aromatic carboxylic acids is 1. The molecule has 172 valence electrons. The molecule has 0 saturated carbocycles. The Hall–Kier alpha value is -3.65. The van der Waals surface area contributed by atoms with E-state index in [1.807, 2.05) is 12.1 Å². The highest BCUT2D eigenvalue weighted by molar-refractivity contribution is 7.18. The van der Waals surface area contributed by atoms with Gasteiger partial charge in [-0.05, 0) is 47.7 Å². The molecule has 1 aromatic heterocycles. The van der Waals surface area contributed by atoms with E-state index in [0.29, 0.717) is 21.7 Å². The van der Waals surface area contributed by atoms with Gasteiger partial charge in [-0.2, -0.15) is 0 Å². The number of amides is 1. The summed E-state index contributed by atoms with van der Waals surface area (Å²) in [6.45, 7) is 7.39. The third kappa shape index (κ3) is 5.59. The molecular formula is C25H25NO6S. The van der Waals surface area contributed by atoms with E-state index in [1.54, 1.807) is 43.3 Å². The molecule has 0 radical (unpaired) electrons. The lowest BCUT2D eigenvalue weighted by atomic mass is 9.87. The molecule has 0 spiro atoms. The average Bonchev–Trinajstić information content (AvgIpc) is 3.08. The number of benzene rings is 2. The zero-order valence-corrected chi connectivity index (χ0v) is 19.6. The standard InChI is InChI=1S/C25H25NO6S/c1-14-20(32-13-19(27)28)22(24(30)31)33-21(14)15-7-11-18(12-8-15)26-23(29)16-5-9-17(10-6-16)25(2,3)4/h5-12H,13H2,1-4H3,(H,26,29)(H,27,28)(H,30,31). The number of rotatable bonds is 7. The summed E-state index contributed by atoms with van der Waals surface area (Å²) in [5.41, 5.74) is 3.57. The van der Waals surface area contributed by atoms with Crippen molar-refractivity contribution < 1.29 is 29.3 Å². The van der Waals surface area contributed by atoms with Crippen molar-refractivity contribution in [3.8, 4) is 16.2 Å². The van der Waals surface area contributed by atoms with E-state index in [-0.39, 0.29) is 21.9 Å². The van der Waals surface area contributed by atoms with Crippen molar-refractivity contribution in [2.24, 2.45) is 0 Å². The fourth-order valence-corrected chi connectivity index (χ4v) is 4.35. The van der Waals surface area contributed by atoms with E-state index in [9.17, 15) is 19.5 Å². The minimum absolute atomic E-state index is 0.00376. The predicted molar refractivity (Wildman–Crippen MR) is 128 cm³/mol. The van der Waals surface area contributed by atoms with E-state index >= 15 is 0 Å². The number of carboxylic acids is 2. The van der Waals surface area contributed by atoms with Crippen molar-refractivity contribution >= 4 is 34.9 Å². The molecule has 3 aromatic rings. The molecule has 3 rings (SSSR count). The zero-order chi connectivity index (χ0) is 24.3. The number of carbonyl (C=O) groups is 3. The number of hydrogen-bond donors (Lipinski definition) is 3. The van der Waals surface area contributed by atoms with E-state index in [2.05, 4.69) is 26.1 Å². The second-order valence-corrected chi connectivity index (χ2v) is 9.58. The third-order valence-electron chi connectivity index (χ3n) is 5.04. The van der Waals surface area contributed by atoms with Crippen LogP contribution in [0.4, 0.5) is 5.69 Å². The molecule has 0 atom stereocenters. The summed E-state index contributed by atoms with van der Waals surface area (Å²) in [4.78, 5) is 35.6. The van der Waals surface area contributed by atoms with Crippen LogP contribution in [0.5, 0.6) is 5.75 Å². The number of carbonyl (C=O) groups excluding carboxylic acids is 1. The topological polar surface area (TPSA) is 113 Å². The highest BCUT2D eigenvalue weighted by Crippen LogP contribution is 2.41. The van der Waals surface area contributed by atoms with Crippen LogP contribution in [0, 0.1) is 6.92 Å². The zero-order valence-electron chi connectivity index (χ0n) is 18.8. The Bertz CT molecular complexity index is 1190. The Morgan fingerprint density at radius 1 is 0.970 bits per heavy atom. The molecule has 0 unspecified atom stereocenters. The first-order valence-corrected chi connectivity index (χ1v) is 11.0. The van der Waals surface area contributed by atoms with Gasteiger partial charge in [-0.1, -0.05) is 45.0 Å². The van der Waals surface area contributed by atoms with Crippen molar-refractivity contribution in [1.29, 1.82) is 0 Å². The van der Waals surface area contributed by atoms with Crippen molar-refractivity contribution in [3.05, 3.63) is 70.1 Å². The van der Waals surface area contributed by atoms with E-state index in [1.165, 1.54) is 0 Å². The fourth-order valence-electron chi connectivity index (χ4n) is 3.25. The molecule has 0 bridgehead atoms. The molecule has 33 heavy (non-hydrogen) atoms. The van der Waals surface area contributed by atoms with Crippen LogP contribution >= 0.6 is 11.3 Å². The molecule has 0 fully saturated rings. The van der Waals surface area contributed by atoms with Gasteiger partial charge in [0.2, 0.25) is 0 Å². The maximum absolute atomic E-state index is 12.6. The molecule has 1 heterocycles.